The molecule has 0 atom stereocenters. The lowest BCUT2D eigenvalue weighted by Crippen LogP contribution is -2.28. The van der Waals surface area contributed by atoms with Crippen LogP contribution < -0.4 is 5.32 Å². The van der Waals surface area contributed by atoms with Gasteiger partial charge in [-0.25, -0.2) is 4.79 Å². The molecule has 0 heterocycles. The molecule has 4 rings (SSSR count). The number of halogens is 2. The number of hydrogen-bond acceptors (Lipinski definition) is 5. The Morgan fingerprint density at radius 2 is 1.47 bits per heavy atom. The summed E-state index contributed by atoms with van der Waals surface area (Å²) in [6.07, 6.45) is 0. The van der Waals surface area contributed by atoms with Crippen LogP contribution >= 0.6 is 23.2 Å². The Morgan fingerprint density at radius 3 is 2.19 bits per heavy atom. The lowest BCUT2D eigenvalue weighted by molar-refractivity contribution is -0.124. The summed E-state index contributed by atoms with van der Waals surface area (Å²) in [5.41, 5.74) is 1.18. The fourth-order valence-electron chi connectivity index (χ4n) is 3.40. The summed E-state index contributed by atoms with van der Waals surface area (Å²) in [6.45, 7) is -0.377. The Balaban J connectivity index is 1.47. The van der Waals surface area contributed by atoms with E-state index in [-0.39, 0.29) is 45.2 Å². The number of esters is 1. The van der Waals surface area contributed by atoms with E-state index in [0.29, 0.717) is 5.02 Å². The molecular weight excluding hydrogens is 453 g/mol. The number of ether oxygens (including phenoxy) is 1. The maximum absolute atomic E-state index is 12.9. The van der Waals surface area contributed by atoms with Gasteiger partial charge in [0.05, 0.1) is 16.1 Å². The van der Waals surface area contributed by atoms with Crippen molar-refractivity contribution in [3.63, 3.8) is 0 Å². The quantitative estimate of drug-likeness (QED) is 0.443. The number of rotatable bonds is 5. The average molecular weight is 468 g/mol. The number of ketones is 2. The van der Waals surface area contributed by atoms with Crippen molar-refractivity contribution >= 4 is 46.6 Å². The van der Waals surface area contributed by atoms with Gasteiger partial charge in [0, 0.05) is 28.3 Å². The highest BCUT2D eigenvalue weighted by molar-refractivity contribution is 6.41. The van der Waals surface area contributed by atoms with Crippen LogP contribution in [-0.2, 0) is 16.1 Å². The molecule has 1 aliphatic carbocycles. The van der Waals surface area contributed by atoms with E-state index in [1.54, 1.807) is 42.5 Å². The predicted molar refractivity (Wildman–Crippen MR) is 118 cm³/mol. The molecular formula is C24H15Cl2NO5. The Hall–Kier alpha value is -3.48. The molecule has 0 saturated heterocycles. The Labute approximate surface area is 193 Å². The number of carbonyl (C=O) groups is 4. The molecule has 1 N–H and O–H groups in total. The summed E-state index contributed by atoms with van der Waals surface area (Å²) in [6, 6.07) is 16.1. The number of hydrogen-bond donors (Lipinski definition) is 1. The molecule has 8 heteroatoms. The van der Waals surface area contributed by atoms with Crippen molar-refractivity contribution in [2.75, 3.05) is 6.61 Å². The number of benzene rings is 3. The molecule has 3 aromatic carbocycles. The summed E-state index contributed by atoms with van der Waals surface area (Å²) < 4.78 is 5.05. The van der Waals surface area contributed by atoms with E-state index in [1.165, 1.54) is 18.2 Å². The average Bonchev–Trinajstić information content (AvgIpc) is 2.80. The molecule has 0 aliphatic heterocycles. The van der Waals surface area contributed by atoms with Crippen molar-refractivity contribution in [3.05, 3.63) is 104 Å². The number of carbonyl (C=O) groups excluding carboxylic acids is 4. The predicted octanol–water partition coefficient (Wildman–Crippen LogP) is 4.24. The molecule has 32 heavy (non-hydrogen) atoms. The van der Waals surface area contributed by atoms with Crippen LogP contribution in [0.15, 0.2) is 60.7 Å². The largest absolute Gasteiger partial charge is 0.452 e. The van der Waals surface area contributed by atoms with Crippen LogP contribution in [0.4, 0.5) is 0 Å². The van der Waals surface area contributed by atoms with Crippen LogP contribution in [0, 0.1) is 0 Å². The molecule has 0 saturated carbocycles. The van der Waals surface area contributed by atoms with Gasteiger partial charge in [-0.15, -0.1) is 0 Å². The molecule has 160 valence electrons. The zero-order chi connectivity index (χ0) is 22.8. The van der Waals surface area contributed by atoms with Crippen LogP contribution in [0.25, 0.3) is 0 Å². The normalized spacial score (nSPS) is 12.1. The topological polar surface area (TPSA) is 89.5 Å². The molecule has 3 aromatic rings. The summed E-state index contributed by atoms with van der Waals surface area (Å²) in [5, 5.41) is 2.93. The van der Waals surface area contributed by atoms with Crippen molar-refractivity contribution in [2.24, 2.45) is 0 Å². The van der Waals surface area contributed by atoms with Gasteiger partial charge < -0.3 is 10.1 Å². The van der Waals surface area contributed by atoms with Gasteiger partial charge in [0.2, 0.25) is 0 Å². The maximum Gasteiger partial charge on any atom is 0.340 e. The summed E-state index contributed by atoms with van der Waals surface area (Å²) >= 11 is 12.4. The molecule has 1 aliphatic rings. The Kier molecular flexibility index (Phi) is 6.08. The van der Waals surface area contributed by atoms with E-state index >= 15 is 0 Å². The minimum absolute atomic E-state index is 0.0482. The second kappa shape index (κ2) is 8.94. The zero-order valence-corrected chi connectivity index (χ0v) is 18.0. The van der Waals surface area contributed by atoms with E-state index in [2.05, 4.69) is 5.32 Å². The molecule has 0 aromatic heterocycles. The second-order valence-electron chi connectivity index (χ2n) is 7.00. The Bertz CT molecular complexity index is 1290. The zero-order valence-electron chi connectivity index (χ0n) is 16.5. The van der Waals surface area contributed by atoms with Crippen LogP contribution in [0.2, 0.25) is 10.0 Å². The van der Waals surface area contributed by atoms with Crippen molar-refractivity contribution in [1.29, 1.82) is 0 Å². The first-order valence-corrected chi connectivity index (χ1v) is 10.3. The van der Waals surface area contributed by atoms with Crippen LogP contribution in [0.1, 0.15) is 47.8 Å². The first-order chi connectivity index (χ1) is 15.4. The molecule has 6 nitrogen and oxygen atoms in total. The van der Waals surface area contributed by atoms with Crippen molar-refractivity contribution in [1.82, 2.24) is 5.32 Å². The van der Waals surface area contributed by atoms with Gasteiger partial charge in [-0.2, -0.15) is 0 Å². The number of fused-ring (bicyclic) bond motifs is 2. The van der Waals surface area contributed by atoms with Gasteiger partial charge in [0.1, 0.15) is 0 Å². The van der Waals surface area contributed by atoms with Crippen molar-refractivity contribution in [2.45, 2.75) is 6.54 Å². The Morgan fingerprint density at radius 1 is 0.812 bits per heavy atom. The van der Waals surface area contributed by atoms with Crippen LogP contribution in [0.3, 0.4) is 0 Å². The number of nitrogens with one attached hydrogen (secondary N) is 1. The third kappa shape index (κ3) is 4.02. The van der Waals surface area contributed by atoms with Crippen LogP contribution in [0.5, 0.6) is 0 Å². The van der Waals surface area contributed by atoms with Gasteiger partial charge in [-0.05, 0) is 23.8 Å². The van der Waals surface area contributed by atoms with E-state index in [4.69, 9.17) is 27.9 Å². The number of amides is 1. The maximum atomic E-state index is 12.9. The fraction of sp³-hybridized carbons (Fsp3) is 0.0833. The van der Waals surface area contributed by atoms with Crippen molar-refractivity contribution in [3.8, 4) is 0 Å². The minimum atomic E-state index is -0.884. The van der Waals surface area contributed by atoms with Gasteiger partial charge in [-0.1, -0.05) is 65.7 Å². The summed E-state index contributed by atoms with van der Waals surface area (Å²) in [7, 11) is 0. The highest BCUT2D eigenvalue weighted by Gasteiger charge is 2.33. The third-order valence-corrected chi connectivity index (χ3v) is 5.78. The second-order valence-corrected chi connectivity index (χ2v) is 7.78. The monoisotopic (exact) mass is 467 g/mol. The molecule has 0 bridgehead atoms. The van der Waals surface area contributed by atoms with Crippen molar-refractivity contribution < 1.29 is 23.9 Å². The highest BCUT2D eigenvalue weighted by Crippen LogP contribution is 2.34. The first-order valence-electron chi connectivity index (χ1n) is 9.56. The van der Waals surface area contributed by atoms with Gasteiger partial charge in [-0.3, -0.25) is 14.4 Å². The molecule has 0 unspecified atom stereocenters. The third-order valence-electron chi connectivity index (χ3n) is 5.02. The van der Waals surface area contributed by atoms with Gasteiger partial charge >= 0.3 is 5.97 Å². The SMILES string of the molecule is O=C(COC(=O)c1ccc2c(c1Cl)C(=O)c1ccccc1C2=O)NCc1ccccc1Cl. The molecule has 0 fully saturated rings. The van der Waals surface area contributed by atoms with Gasteiger partial charge in [0.15, 0.2) is 18.2 Å². The van der Waals surface area contributed by atoms with E-state index in [9.17, 15) is 19.2 Å². The van der Waals surface area contributed by atoms with Gasteiger partial charge in [0.25, 0.3) is 5.91 Å². The standard InChI is InChI=1S/C24H15Cl2NO5/c25-18-8-4-1-5-13(18)11-27-19(28)12-32-24(31)17-10-9-16-20(21(17)26)23(30)15-7-3-2-6-14(15)22(16)29/h1-10H,11-12H2,(H,27,28). The molecule has 0 radical (unpaired) electrons. The van der Waals surface area contributed by atoms with E-state index in [1.807, 2.05) is 0 Å². The lowest BCUT2D eigenvalue weighted by Gasteiger charge is -2.19. The smallest absolute Gasteiger partial charge is 0.340 e. The van der Waals surface area contributed by atoms with E-state index in [0.717, 1.165) is 5.56 Å². The summed E-state index contributed by atoms with van der Waals surface area (Å²) in [5.74, 6) is -2.22. The highest BCUT2D eigenvalue weighted by atomic mass is 35.5. The lowest BCUT2D eigenvalue weighted by atomic mass is 9.83. The minimum Gasteiger partial charge on any atom is -0.452 e. The fourth-order valence-corrected chi connectivity index (χ4v) is 3.93. The molecule has 1 amide bonds. The summed E-state index contributed by atoms with van der Waals surface area (Å²) in [4.78, 5) is 50.2. The molecule has 0 spiro atoms. The van der Waals surface area contributed by atoms with E-state index < -0.39 is 24.3 Å². The first kappa shape index (κ1) is 21.7. The van der Waals surface area contributed by atoms with Crippen LogP contribution in [-0.4, -0.2) is 30.0 Å².